The van der Waals surface area contributed by atoms with Gasteiger partial charge in [0, 0.05) is 17.0 Å². The quantitative estimate of drug-likeness (QED) is 0.615. The lowest BCUT2D eigenvalue weighted by molar-refractivity contribution is -0.105. The molecule has 74 valence electrons. The molecule has 0 aliphatic heterocycles. The van der Waals surface area contributed by atoms with Gasteiger partial charge in [-0.2, -0.15) is 0 Å². The second kappa shape index (κ2) is 4.77. The van der Waals surface area contributed by atoms with Gasteiger partial charge in [-0.3, -0.25) is 9.59 Å². The van der Waals surface area contributed by atoms with Crippen molar-refractivity contribution >= 4 is 29.5 Å². The molecule has 0 saturated heterocycles. The molecule has 1 N–H and O–H groups in total. The Kier molecular flexibility index (Phi) is 3.65. The van der Waals surface area contributed by atoms with Crippen LogP contribution in [0.2, 0.25) is 5.02 Å². The third-order valence-electron chi connectivity index (χ3n) is 1.82. The van der Waals surface area contributed by atoms with Crippen molar-refractivity contribution < 1.29 is 9.59 Å². The Morgan fingerprint density at radius 2 is 2.29 bits per heavy atom. The fraction of sp³-hybridized carbons (Fsp3) is 0.200. The van der Waals surface area contributed by atoms with Crippen molar-refractivity contribution in [1.82, 2.24) is 0 Å². The molecule has 3 nitrogen and oxygen atoms in total. The first-order chi connectivity index (χ1) is 6.69. The number of hydrogen-bond donors (Lipinski definition) is 1. The number of Topliss-reactive ketones (excluding diaryl/α,β-unsaturated/α-hetero) is 1. The van der Waals surface area contributed by atoms with E-state index in [9.17, 15) is 9.59 Å². The third kappa shape index (κ3) is 2.33. The van der Waals surface area contributed by atoms with Crippen LogP contribution in [-0.2, 0) is 4.79 Å². The van der Waals surface area contributed by atoms with Gasteiger partial charge in [-0.1, -0.05) is 18.5 Å². The van der Waals surface area contributed by atoms with Gasteiger partial charge in [0.2, 0.25) is 6.41 Å². The number of carbonyl (C=O) groups is 2. The number of anilines is 1. The van der Waals surface area contributed by atoms with Gasteiger partial charge in [0.15, 0.2) is 5.78 Å². The van der Waals surface area contributed by atoms with Crippen LogP contribution in [0.25, 0.3) is 0 Å². The lowest BCUT2D eigenvalue weighted by Crippen LogP contribution is -2.04. The van der Waals surface area contributed by atoms with E-state index in [0.29, 0.717) is 29.1 Å². The van der Waals surface area contributed by atoms with Gasteiger partial charge < -0.3 is 5.32 Å². The predicted octanol–water partition coefficient (Wildman–Crippen LogP) is 2.50. The molecule has 0 unspecified atom stereocenters. The Morgan fingerprint density at radius 3 is 2.86 bits per heavy atom. The Balaban J connectivity index is 3.14. The highest BCUT2D eigenvalue weighted by molar-refractivity contribution is 6.31. The first-order valence-electron chi connectivity index (χ1n) is 4.22. The number of halogens is 1. The van der Waals surface area contributed by atoms with Gasteiger partial charge in [0.05, 0.1) is 5.69 Å². The highest BCUT2D eigenvalue weighted by Gasteiger charge is 2.09. The van der Waals surface area contributed by atoms with Crippen LogP contribution in [0.5, 0.6) is 0 Å². The van der Waals surface area contributed by atoms with E-state index in [0.717, 1.165) is 0 Å². The maximum atomic E-state index is 11.4. The Morgan fingerprint density at radius 1 is 1.57 bits per heavy atom. The summed E-state index contributed by atoms with van der Waals surface area (Å²) >= 11 is 5.75. The maximum Gasteiger partial charge on any atom is 0.211 e. The minimum absolute atomic E-state index is 0.0446. The van der Waals surface area contributed by atoms with E-state index in [1.807, 2.05) is 0 Å². The molecule has 4 heteroatoms. The van der Waals surface area contributed by atoms with Crippen molar-refractivity contribution in [2.75, 3.05) is 5.32 Å². The smallest absolute Gasteiger partial charge is 0.211 e. The molecule has 1 aromatic carbocycles. The number of carbonyl (C=O) groups excluding carboxylic acids is 2. The Hall–Kier alpha value is -1.35. The molecule has 1 aromatic rings. The number of rotatable bonds is 4. The van der Waals surface area contributed by atoms with Crippen LogP contribution in [-0.4, -0.2) is 12.2 Å². The van der Waals surface area contributed by atoms with Crippen molar-refractivity contribution in [3.05, 3.63) is 28.8 Å². The first-order valence-corrected chi connectivity index (χ1v) is 4.59. The molecule has 0 fully saturated rings. The molecule has 1 amide bonds. The molecule has 1 rings (SSSR count). The van der Waals surface area contributed by atoms with Crippen LogP contribution in [0.4, 0.5) is 5.69 Å². The van der Waals surface area contributed by atoms with E-state index in [1.54, 1.807) is 25.1 Å². The summed E-state index contributed by atoms with van der Waals surface area (Å²) in [6.45, 7) is 1.76. The normalized spacial score (nSPS) is 9.57. The lowest BCUT2D eigenvalue weighted by atomic mass is 10.1. The molecule has 0 atom stereocenters. The molecular formula is C10H10ClNO2. The highest BCUT2D eigenvalue weighted by Crippen LogP contribution is 2.21. The summed E-state index contributed by atoms with van der Waals surface area (Å²) in [5.41, 5.74) is 0.948. The van der Waals surface area contributed by atoms with Crippen LogP contribution < -0.4 is 5.32 Å². The van der Waals surface area contributed by atoms with E-state index in [4.69, 9.17) is 11.6 Å². The molecule has 14 heavy (non-hydrogen) atoms. The molecule has 0 spiro atoms. The minimum atomic E-state index is -0.0446. The van der Waals surface area contributed by atoms with Gasteiger partial charge >= 0.3 is 0 Å². The second-order valence-electron chi connectivity index (χ2n) is 2.73. The lowest BCUT2D eigenvalue weighted by Gasteiger charge is -2.06. The average Bonchev–Trinajstić information content (AvgIpc) is 2.20. The monoisotopic (exact) mass is 211 g/mol. The van der Waals surface area contributed by atoms with Crippen LogP contribution >= 0.6 is 11.6 Å². The van der Waals surface area contributed by atoms with E-state index in [1.165, 1.54) is 0 Å². The third-order valence-corrected chi connectivity index (χ3v) is 2.05. The summed E-state index contributed by atoms with van der Waals surface area (Å²) in [6.07, 6.45) is 0.920. The van der Waals surface area contributed by atoms with Crippen LogP contribution in [0.3, 0.4) is 0 Å². The summed E-state index contributed by atoms with van der Waals surface area (Å²) in [7, 11) is 0. The fourth-order valence-corrected chi connectivity index (χ4v) is 1.30. The molecular weight excluding hydrogens is 202 g/mol. The standard InChI is InChI=1S/C10H10ClNO2/c1-2-10(14)8-5-7(11)3-4-9(8)12-6-13/h3-6H,2H2,1H3,(H,12,13). The Labute approximate surface area is 87.1 Å². The molecule has 0 saturated carbocycles. The summed E-state index contributed by atoms with van der Waals surface area (Å²) in [5, 5.41) is 2.94. The zero-order valence-corrected chi connectivity index (χ0v) is 8.47. The van der Waals surface area contributed by atoms with Gasteiger partial charge in [-0.25, -0.2) is 0 Å². The van der Waals surface area contributed by atoms with Gasteiger partial charge in [-0.05, 0) is 18.2 Å². The SMILES string of the molecule is CCC(=O)c1cc(Cl)ccc1NC=O. The number of nitrogens with one attached hydrogen (secondary N) is 1. The van der Waals surface area contributed by atoms with Gasteiger partial charge in [-0.15, -0.1) is 0 Å². The van der Waals surface area contributed by atoms with Crippen molar-refractivity contribution in [2.24, 2.45) is 0 Å². The first kappa shape index (κ1) is 10.7. The zero-order chi connectivity index (χ0) is 10.6. The predicted molar refractivity (Wildman–Crippen MR) is 55.8 cm³/mol. The van der Waals surface area contributed by atoms with Crippen LogP contribution in [0, 0.1) is 0 Å². The summed E-state index contributed by atoms with van der Waals surface area (Å²) in [5.74, 6) is -0.0446. The van der Waals surface area contributed by atoms with Gasteiger partial charge in [0.25, 0.3) is 0 Å². The van der Waals surface area contributed by atoms with Crippen molar-refractivity contribution in [1.29, 1.82) is 0 Å². The number of hydrogen-bond acceptors (Lipinski definition) is 2. The molecule has 0 aliphatic rings. The van der Waals surface area contributed by atoms with Crippen molar-refractivity contribution in [3.8, 4) is 0 Å². The maximum absolute atomic E-state index is 11.4. The molecule has 0 radical (unpaired) electrons. The van der Waals surface area contributed by atoms with Crippen molar-refractivity contribution in [3.63, 3.8) is 0 Å². The average molecular weight is 212 g/mol. The van der Waals surface area contributed by atoms with E-state index < -0.39 is 0 Å². The molecule has 0 aromatic heterocycles. The molecule has 0 bridgehead atoms. The number of benzene rings is 1. The summed E-state index contributed by atoms with van der Waals surface area (Å²) in [6, 6.07) is 4.79. The molecule has 0 aliphatic carbocycles. The van der Waals surface area contributed by atoms with E-state index >= 15 is 0 Å². The van der Waals surface area contributed by atoms with Gasteiger partial charge in [0.1, 0.15) is 0 Å². The largest absolute Gasteiger partial charge is 0.328 e. The van der Waals surface area contributed by atoms with Crippen molar-refractivity contribution in [2.45, 2.75) is 13.3 Å². The second-order valence-corrected chi connectivity index (χ2v) is 3.17. The Bertz CT molecular complexity index is 363. The topological polar surface area (TPSA) is 46.2 Å². The van der Waals surface area contributed by atoms with E-state index in [2.05, 4.69) is 5.32 Å². The summed E-state index contributed by atoms with van der Waals surface area (Å²) < 4.78 is 0. The minimum Gasteiger partial charge on any atom is -0.328 e. The van der Waals surface area contributed by atoms with E-state index in [-0.39, 0.29) is 5.78 Å². The molecule has 0 heterocycles. The van der Waals surface area contributed by atoms with Crippen LogP contribution in [0.1, 0.15) is 23.7 Å². The number of ketones is 1. The van der Waals surface area contributed by atoms with Crippen LogP contribution in [0.15, 0.2) is 18.2 Å². The zero-order valence-electron chi connectivity index (χ0n) is 7.71. The highest BCUT2D eigenvalue weighted by atomic mass is 35.5. The number of amides is 1. The fourth-order valence-electron chi connectivity index (χ4n) is 1.13. The summed E-state index contributed by atoms with van der Waals surface area (Å²) in [4.78, 5) is 21.7.